The van der Waals surface area contributed by atoms with E-state index in [1.165, 1.54) is 38.5 Å². The smallest absolute Gasteiger partial charge is 0.297 e. The lowest BCUT2D eigenvalue weighted by atomic mass is 9.78. The average molecular weight is 263 g/mol. The van der Waals surface area contributed by atoms with Crippen LogP contribution in [0.25, 0.3) is 0 Å². The highest BCUT2D eigenvalue weighted by atomic mass is 16.4. The highest BCUT2D eigenvalue weighted by molar-refractivity contribution is 5.31. The van der Waals surface area contributed by atoms with Gasteiger partial charge >= 0.3 is 0 Å². The summed E-state index contributed by atoms with van der Waals surface area (Å²) < 4.78 is 5.72. The van der Waals surface area contributed by atoms with Gasteiger partial charge in [0.05, 0.1) is 5.69 Å². The Morgan fingerprint density at radius 3 is 3.05 bits per heavy atom. The lowest BCUT2D eigenvalue weighted by Crippen LogP contribution is -2.47. The molecule has 2 atom stereocenters. The lowest BCUT2D eigenvalue weighted by molar-refractivity contribution is 0.235. The first-order chi connectivity index (χ1) is 9.38. The largest absolute Gasteiger partial charge is 0.432 e. The number of rotatable bonds is 4. The van der Waals surface area contributed by atoms with E-state index < -0.39 is 0 Å². The number of nitrogens with one attached hydrogen (secondary N) is 1. The van der Waals surface area contributed by atoms with Gasteiger partial charge in [0, 0.05) is 19.1 Å². The van der Waals surface area contributed by atoms with Crippen molar-refractivity contribution in [2.45, 2.75) is 58.0 Å². The molecule has 2 fully saturated rings. The minimum atomic E-state index is 0.674. The zero-order chi connectivity index (χ0) is 13.1. The fourth-order valence-corrected chi connectivity index (χ4v) is 3.62. The molecule has 1 aliphatic heterocycles. The number of anilines is 1. The second-order valence-electron chi connectivity index (χ2n) is 5.85. The van der Waals surface area contributed by atoms with Crippen LogP contribution in [0.2, 0.25) is 0 Å². The molecule has 1 aliphatic carbocycles. The molecule has 2 heterocycles. The normalized spacial score (nSPS) is 27.3. The molecule has 1 saturated heterocycles. The van der Waals surface area contributed by atoms with Gasteiger partial charge in [0.15, 0.2) is 0 Å². The minimum absolute atomic E-state index is 0.674. The summed E-state index contributed by atoms with van der Waals surface area (Å²) in [5.41, 5.74) is 1.02. The van der Waals surface area contributed by atoms with Crippen molar-refractivity contribution < 1.29 is 4.42 Å². The Labute approximate surface area is 115 Å². The van der Waals surface area contributed by atoms with E-state index in [1.54, 1.807) is 0 Å². The number of hydrogen-bond donors (Lipinski definition) is 1. The number of piperidine rings is 1. The first-order valence-corrected chi connectivity index (χ1v) is 7.80. The van der Waals surface area contributed by atoms with E-state index in [4.69, 9.17) is 4.42 Å². The zero-order valence-electron chi connectivity index (χ0n) is 11.9. The van der Waals surface area contributed by atoms with Gasteiger partial charge < -0.3 is 14.6 Å². The maximum Gasteiger partial charge on any atom is 0.297 e. The summed E-state index contributed by atoms with van der Waals surface area (Å²) in [5.74, 6) is 0.867. The molecule has 19 heavy (non-hydrogen) atoms. The first kappa shape index (κ1) is 13.0. The van der Waals surface area contributed by atoms with E-state index >= 15 is 0 Å². The van der Waals surface area contributed by atoms with Crippen LogP contribution in [0.5, 0.6) is 0 Å². The topological polar surface area (TPSA) is 41.3 Å². The average Bonchev–Trinajstić information content (AvgIpc) is 2.93. The van der Waals surface area contributed by atoms with E-state index in [9.17, 15) is 0 Å². The molecule has 0 amide bonds. The number of hydrogen-bond acceptors (Lipinski definition) is 4. The van der Waals surface area contributed by atoms with Gasteiger partial charge in [-0.3, -0.25) is 0 Å². The predicted octanol–water partition coefficient (Wildman–Crippen LogP) is 2.94. The van der Waals surface area contributed by atoms with E-state index in [0.717, 1.165) is 37.3 Å². The third-order valence-electron chi connectivity index (χ3n) is 4.58. The van der Waals surface area contributed by atoms with E-state index in [-0.39, 0.29) is 0 Å². The van der Waals surface area contributed by atoms with Crippen LogP contribution >= 0.6 is 0 Å². The highest BCUT2D eigenvalue weighted by Gasteiger charge is 2.35. The summed E-state index contributed by atoms with van der Waals surface area (Å²) in [6.45, 7) is 5.00. The van der Waals surface area contributed by atoms with E-state index in [1.807, 2.05) is 6.26 Å². The van der Waals surface area contributed by atoms with Crippen LogP contribution in [0.15, 0.2) is 10.7 Å². The zero-order valence-corrected chi connectivity index (χ0v) is 11.9. The van der Waals surface area contributed by atoms with Crippen LogP contribution in [-0.4, -0.2) is 24.1 Å². The van der Waals surface area contributed by atoms with Crippen LogP contribution in [0, 0.1) is 5.92 Å². The molecule has 0 aromatic carbocycles. The second kappa shape index (κ2) is 5.95. The maximum atomic E-state index is 5.72. The molecule has 4 nitrogen and oxygen atoms in total. The van der Waals surface area contributed by atoms with Crippen molar-refractivity contribution in [1.29, 1.82) is 0 Å². The molecule has 3 rings (SSSR count). The molecule has 0 radical (unpaired) electrons. The lowest BCUT2D eigenvalue weighted by Gasteiger charge is -2.43. The van der Waals surface area contributed by atoms with Crippen LogP contribution < -0.4 is 10.2 Å². The van der Waals surface area contributed by atoms with Gasteiger partial charge in [0.25, 0.3) is 6.01 Å². The Balaban J connectivity index is 1.70. The fourth-order valence-electron chi connectivity index (χ4n) is 3.62. The Kier molecular flexibility index (Phi) is 4.06. The molecule has 2 aliphatic rings. The summed E-state index contributed by atoms with van der Waals surface area (Å²) in [4.78, 5) is 7.09. The molecule has 1 saturated carbocycles. The van der Waals surface area contributed by atoms with E-state index in [2.05, 4.69) is 22.1 Å². The molecule has 2 unspecified atom stereocenters. The van der Waals surface area contributed by atoms with Gasteiger partial charge in [-0.15, -0.1) is 0 Å². The quantitative estimate of drug-likeness (QED) is 0.907. The van der Waals surface area contributed by atoms with Crippen molar-refractivity contribution in [3.8, 4) is 0 Å². The summed E-state index contributed by atoms with van der Waals surface area (Å²) in [6, 6.07) is 1.53. The summed E-state index contributed by atoms with van der Waals surface area (Å²) in [5, 5.41) is 3.30. The summed E-state index contributed by atoms with van der Waals surface area (Å²) in [7, 11) is 0. The van der Waals surface area contributed by atoms with Crippen molar-refractivity contribution in [3.63, 3.8) is 0 Å². The van der Waals surface area contributed by atoms with Crippen molar-refractivity contribution in [1.82, 2.24) is 10.3 Å². The van der Waals surface area contributed by atoms with Crippen LogP contribution in [0.4, 0.5) is 6.01 Å². The standard InChI is InChI=1S/C15H25N3O/c1-2-16-10-13-11-19-15(17-13)18-9-5-7-12-6-3-4-8-14(12)18/h11-12,14,16H,2-10H2,1H3. The third kappa shape index (κ3) is 2.78. The third-order valence-corrected chi connectivity index (χ3v) is 4.58. The minimum Gasteiger partial charge on any atom is -0.432 e. The summed E-state index contributed by atoms with van der Waals surface area (Å²) in [6.07, 6.45) is 9.97. The molecule has 1 aromatic rings. The number of aromatic nitrogens is 1. The maximum absolute atomic E-state index is 5.72. The highest BCUT2D eigenvalue weighted by Crippen LogP contribution is 2.37. The first-order valence-electron chi connectivity index (χ1n) is 7.80. The molecule has 106 valence electrons. The van der Waals surface area contributed by atoms with Crippen molar-refractivity contribution >= 4 is 6.01 Å². The summed E-state index contributed by atoms with van der Waals surface area (Å²) >= 11 is 0. The Morgan fingerprint density at radius 1 is 1.32 bits per heavy atom. The van der Waals surface area contributed by atoms with Crippen molar-refractivity contribution in [3.05, 3.63) is 12.0 Å². The fraction of sp³-hybridized carbons (Fsp3) is 0.800. The predicted molar refractivity (Wildman–Crippen MR) is 76.2 cm³/mol. The Morgan fingerprint density at radius 2 is 2.16 bits per heavy atom. The molecule has 0 bridgehead atoms. The SMILES string of the molecule is CCNCc1coc(N2CCCC3CCCCC32)n1. The van der Waals surface area contributed by atoms with Gasteiger partial charge in [-0.1, -0.05) is 19.8 Å². The Hall–Kier alpha value is -1.03. The molecular formula is C15H25N3O. The van der Waals surface area contributed by atoms with Gasteiger partial charge in [-0.25, -0.2) is 0 Å². The van der Waals surface area contributed by atoms with Crippen LogP contribution in [-0.2, 0) is 6.54 Å². The second-order valence-corrected chi connectivity index (χ2v) is 5.85. The van der Waals surface area contributed by atoms with E-state index in [0.29, 0.717) is 6.04 Å². The van der Waals surface area contributed by atoms with Gasteiger partial charge in [-0.2, -0.15) is 4.98 Å². The van der Waals surface area contributed by atoms with Crippen molar-refractivity contribution in [2.24, 2.45) is 5.92 Å². The Bertz CT molecular complexity index is 402. The molecule has 0 spiro atoms. The number of nitrogens with zero attached hydrogens (tertiary/aromatic N) is 2. The number of oxazole rings is 1. The molecule has 1 N–H and O–H groups in total. The monoisotopic (exact) mass is 263 g/mol. The molecular weight excluding hydrogens is 238 g/mol. The molecule has 4 heteroatoms. The van der Waals surface area contributed by atoms with Gasteiger partial charge in [0.1, 0.15) is 6.26 Å². The van der Waals surface area contributed by atoms with Crippen LogP contribution in [0.1, 0.15) is 51.1 Å². The van der Waals surface area contributed by atoms with Crippen LogP contribution in [0.3, 0.4) is 0 Å². The molecule has 1 aromatic heterocycles. The van der Waals surface area contributed by atoms with Gasteiger partial charge in [0.2, 0.25) is 0 Å². The number of fused-ring (bicyclic) bond motifs is 1. The van der Waals surface area contributed by atoms with Gasteiger partial charge in [-0.05, 0) is 38.1 Å². The van der Waals surface area contributed by atoms with Crippen molar-refractivity contribution in [2.75, 3.05) is 18.0 Å².